The third kappa shape index (κ3) is 3.30. The molecule has 0 aliphatic heterocycles. The Morgan fingerprint density at radius 2 is 2.15 bits per heavy atom. The van der Waals surface area contributed by atoms with Gasteiger partial charge in [0.1, 0.15) is 5.75 Å². The van der Waals surface area contributed by atoms with Gasteiger partial charge in [-0.15, -0.1) is 0 Å². The number of methoxy groups -OCH3 is 1. The van der Waals surface area contributed by atoms with Gasteiger partial charge in [-0.1, -0.05) is 6.42 Å². The Kier molecular flexibility index (Phi) is 5.38. The van der Waals surface area contributed by atoms with E-state index in [-0.39, 0.29) is 0 Å². The van der Waals surface area contributed by atoms with Gasteiger partial charge < -0.3 is 10.5 Å². The van der Waals surface area contributed by atoms with Crippen LogP contribution >= 0.6 is 0 Å². The van der Waals surface area contributed by atoms with E-state index in [0.717, 1.165) is 49.1 Å². The molecule has 4 heteroatoms. The van der Waals surface area contributed by atoms with Crippen LogP contribution in [0, 0.1) is 13.8 Å². The molecule has 0 saturated heterocycles. The minimum Gasteiger partial charge on any atom is -0.496 e. The number of nitrogens with zero attached hydrogens (tertiary/aromatic N) is 2. The summed E-state index contributed by atoms with van der Waals surface area (Å²) < 4.78 is 5.50. The van der Waals surface area contributed by atoms with E-state index in [2.05, 4.69) is 16.8 Å². The van der Waals surface area contributed by atoms with E-state index in [9.17, 15) is 0 Å². The fourth-order valence-electron chi connectivity index (χ4n) is 2.86. The number of aromatic nitrogens is 1. The predicted octanol–water partition coefficient (Wildman–Crippen LogP) is 2.41. The van der Waals surface area contributed by atoms with Gasteiger partial charge >= 0.3 is 0 Å². The molecule has 1 heterocycles. The molecule has 1 aliphatic carbocycles. The molecule has 112 valence electrons. The van der Waals surface area contributed by atoms with Crippen molar-refractivity contribution in [2.75, 3.05) is 20.2 Å². The van der Waals surface area contributed by atoms with Gasteiger partial charge in [-0.05, 0) is 39.7 Å². The molecule has 0 spiro atoms. The average molecular weight is 277 g/mol. The molecule has 0 unspecified atom stereocenters. The molecule has 1 fully saturated rings. The van der Waals surface area contributed by atoms with Crippen LogP contribution in [0.25, 0.3) is 0 Å². The van der Waals surface area contributed by atoms with E-state index in [1.807, 2.05) is 13.1 Å². The lowest BCUT2D eigenvalue weighted by atomic mass is 9.91. The van der Waals surface area contributed by atoms with E-state index in [1.54, 1.807) is 7.11 Å². The van der Waals surface area contributed by atoms with Crippen molar-refractivity contribution in [2.45, 2.75) is 52.1 Å². The Morgan fingerprint density at radius 3 is 2.70 bits per heavy atom. The van der Waals surface area contributed by atoms with Crippen LogP contribution in [0.5, 0.6) is 5.75 Å². The lowest BCUT2D eigenvalue weighted by molar-refractivity contribution is 0.117. The molecule has 2 N–H and O–H groups in total. The van der Waals surface area contributed by atoms with Crippen LogP contribution in [-0.2, 0) is 6.54 Å². The first-order chi connectivity index (χ1) is 9.67. The van der Waals surface area contributed by atoms with E-state index < -0.39 is 0 Å². The van der Waals surface area contributed by atoms with Gasteiger partial charge in [0, 0.05) is 36.5 Å². The van der Waals surface area contributed by atoms with Crippen molar-refractivity contribution in [2.24, 2.45) is 5.73 Å². The lowest BCUT2D eigenvalue weighted by Gasteiger charge is -2.37. The van der Waals surface area contributed by atoms with Gasteiger partial charge in [-0.2, -0.15) is 0 Å². The number of rotatable bonds is 7. The SMILES string of the molecule is COc1c(C)cnc(CN(CCCN)C2CCC2)c1C. The highest BCUT2D eigenvalue weighted by Crippen LogP contribution is 2.29. The molecule has 1 aromatic rings. The van der Waals surface area contributed by atoms with Crippen LogP contribution in [0.15, 0.2) is 6.20 Å². The molecule has 0 radical (unpaired) electrons. The monoisotopic (exact) mass is 277 g/mol. The smallest absolute Gasteiger partial charge is 0.128 e. The molecule has 1 saturated carbocycles. The first kappa shape index (κ1) is 15.3. The number of hydrogen-bond acceptors (Lipinski definition) is 4. The molecule has 2 rings (SSSR count). The molecule has 0 aromatic carbocycles. The van der Waals surface area contributed by atoms with Gasteiger partial charge in [0.15, 0.2) is 0 Å². The van der Waals surface area contributed by atoms with Crippen LogP contribution in [0.1, 0.15) is 42.5 Å². The van der Waals surface area contributed by atoms with E-state index in [4.69, 9.17) is 10.5 Å². The number of aryl methyl sites for hydroxylation is 1. The second kappa shape index (κ2) is 7.04. The lowest BCUT2D eigenvalue weighted by Crippen LogP contribution is -2.41. The third-order valence-corrected chi connectivity index (χ3v) is 4.34. The van der Waals surface area contributed by atoms with Crippen LogP contribution in [0.4, 0.5) is 0 Å². The Hall–Kier alpha value is -1.13. The van der Waals surface area contributed by atoms with Crippen molar-refractivity contribution in [3.63, 3.8) is 0 Å². The van der Waals surface area contributed by atoms with Crippen molar-refractivity contribution in [3.8, 4) is 5.75 Å². The van der Waals surface area contributed by atoms with Crippen molar-refractivity contribution in [1.82, 2.24) is 9.88 Å². The summed E-state index contributed by atoms with van der Waals surface area (Å²) in [4.78, 5) is 7.16. The van der Waals surface area contributed by atoms with Gasteiger partial charge in [-0.3, -0.25) is 9.88 Å². The molecule has 0 atom stereocenters. The summed E-state index contributed by atoms with van der Waals surface area (Å²) in [6, 6.07) is 0.718. The predicted molar refractivity (Wildman–Crippen MR) is 82.0 cm³/mol. The Labute approximate surface area is 122 Å². The maximum atomic E-state index is 5.66. The van der Waals surface area contributed by atoms with Crippen molar-refractivity contribution in [3.05, 3.63) is 23.0 Å². The van der Waals surface area contributed by atoms with Crippen molar-refractivity contribution < 1.29 is 4.74 Å². The van der Waals surface area contributed by atoms with Crippen LogP contribution < -0.4 is 10.5 Å². The summed E-state index contributed by atoms with van der Waals surface area (Å²) in [5.74, 6) is 0.974. The average Bonchev–Trinajstić information content (AvgIpc) is 2.37. The molecular weight excluding hydrogens is 250 g/mol. The van der Waals surface area contributed by atoms with Crippen molar-refractivity contribution >= 4 is 0 Å². The number of hydrogen-bond donors (Lipinski definition) is 1. The largest absolute Gasteiger partial charge is 0.496 e. The summed E-state index contributed by atoms with van der Waals surface area (Å²) >= 11 is 0. The first-order valence-corrected chi connectivity index (χ1v) is 7.60. The summed E-state index contributed by atoms with van der Waals surface area (Å²) in [7, 11) is 1.73. The second-order valence-electron chi connectivity index (χ2n) is 5.74. The third-order valence-electron chi connectivity index (χ3n) is 4.34. The van der Waals surface area contributed by atoms with Crippen molar-refractivity contribution in [1.29, 1.82) is 0 Å². The van der Waals surface area contributed by atoms with Gasteiger partial charge in [0.05, 0.1) is 12.8 Å². The molecule has 1 aromatic heterocycles. The standard InChI is InChI=1S/C16H27N3O/c1-12-10-18-15(13(2)16(12)20-3)11-19(9-5-8-17)14-6-4-7-14/h10,14H,4-9,11,17H2,1-3H3. The molecule has 4 nitrogen and oxygen atoms in total. The maximum absolute atomic E-state index is 5.66. The zero-order valence-corrected chi connectivity index (χ0v) is 13.0. The van der Waals surface area contributed by atoms with E-state index >= 15 is 0 Å². The summed E-state index contributed by atoms with van der Waals surface area (Å²) in [5.41, 5.74) is 9.07. The van der Waals surface area contributed by atoms with Crippen LogP contribution in [0.3, 0.4) is 0 Å². The van der Waals surface area contributed by atoms with E-state index in [0.29, 0.717) is 0 Å². The molecule has 20 heavy (non-hydrogen) atoms. The fraction of sp³-hybridized carbons (Fsp3) is 0.688. The van der Waals surface area contributed by atoms with Crippen LogP contribution in [-0.4, -0.2) is 36.1 Å². The van der Waals surface area contributed by atoms with Crippen LogP contribution in [0.2, 0.25) is 0 Å². The second-order valence-corrected chi connectivity index (χ2v) is 5.74. The minimum atomic E-state index is 0.718. The molecule has 0 amide bonds. The Balaban J connectivity index is 2.13. The van der Waals surface area contributed by atoms with Gasteiger partial charge in [-0.25, -0.2) is 0 Å². The Morgan fingerprint density at radius 1 is 1.40 bits per heavy atom. The zero-order valence-electron chi connectivity index (χ0n) is 13.0. The number of ether oxygens (including phenoxy) is 1. The first-order valence-electron chi connectivity index (χ1n) is 7.60. The highest BCUT2D eigenvalue weighted by atomic mass is 16.5. The van der Waals surface area contributed by atoms with Gasteiger partial charge in [0.25, 0.3) is 0 Å². The fourth-order valence-corrected chi connectivity index (χ4v) is 2.86. The zero-order chi connectivity index (χ0) is 14.5. The summed E-state index contributed by atoms with van der Waals surface area (Å²) in [6.45, 7) is 6.88. The number of nitrogens with two attached hydrogens (primary N) is 1. The minimum absolute atomic E-state index is 0.718. The number of pyridine rings is 1. The normalized spacial score (nSPS) is 15.4. The molecular formula is C16H27N3O. The quantitative estimate of drug-likeness (QED) is 0.831. The summed E-state index contributed by atoms with van der Waals surface area (Å²) in [6.07, 6.45) is 6.95. The maximum Gasteiger partial charge on any atom is 0.128 e. The highest BCUT2D eigenvalue weighted by Gasteiger charge is 2.25. The summed E-state index contributed by atoms with van der Waals surface area (Å²) in [5, 5.41) is 0. The highest BCUT2D eigenvalue weighted by molar-refractivity contribution is 5.41. The molecule has 0 bridgehead atoms. The molecule has 1 aliphatic rings. The van der Waals surface area contributed by atoms with E-state index in [1.165, 1.54) is 24.8 Å². The van der Waals surface area contributed by atoms with Gasteiger partial charge in [0.2, 0.25) is 0 Å². The topological polar surface area (TPSA) is 51.4 Å². The Bertz CT molecular complexity index is 444.